The Labute approximate surface area is 101 Å². The molecule has 1 aromatic carbocycles. The zero-order valence-electron chi connectivity index (χ0n) is 9.94. The predicted octanol–water partition coefficient (Wildman–Crippen LogP) is 2.09. The molecule has 1 atom stereocenters. The number of hydrogen-bond donors (Lipinski definition) is 1. The summed E-state index contributed by atoms with van der Waals surface area (Å²) in [6.07, 6.45) is 0.440. The van der Waals surface area contributed by atoms with Crippen molar-refractivity contribution in [3.05, 3.63) is 35.9 Å². The SMILES string of the molecule is CC1(NC(=O)OCc2ccccc2)CCOC1. The molecule has 0 bridgehead atoms. The Bertz CT molecular complexity index is 372. The minimum Gasteiger partial charge on any atom is -0.445 e. The van der Waals surface area contributed by atoms with Gasteiger partial charge in [-0.1, -0.05) is 30.3 Å². The fourth-order valence-corrected chi connectivity index (χ4v) is 1.77. The van der Waals surface area contributed by atoms with Gasteiger partial charge in [-0.3, -0.25) is 0 Å². The van der Waals surface area contributed by atoms with Crippen LogP contribution in [0.5, 0.6) is 0 Å². The van der Waals surface area contributed by atoms with Crippen molar-refractivity contribution >= 4 is 6.09 Å². The molecule has 4 nitrogen and oxygen atoms in total. The summed E-state index contributed by atoms with van der Waals surface area (Å²) in [6.45, 7) is 3.50. The lowest BCUT2D eigenvalue weighted by Crippen LogP contribution is -2.46. The van der Waals surface area contributed by atoms with Crippen LogP contribution < -0.4 is 5.32 Å². The second-order valence-corrected chi connectivity index (χ2v) is 4.55. The third-order valence-electron chi connectivity index (χ3n) is 2.84. The molecule has 1 aromatic rings. The van der Waals surface area contributed by atoms with E-state index in [1.807, 2.05) is 37.3 Å². The molecule has 4 heteroatoms. The Morgan fingerprint density at radius 3 is 2.88 bits per heavy atom. The Hall–Kier alpha value is -1.55. The summed E-state index contributed by atoms with van der Waals surface area (Å²) in [6, 6.07) is 9.62. The maximum atomic E-state index is 11.6. The number of alkyl carbamates (subject to hydrolysis) is 1. The van der Waals surface area contributed by atoms with Gasteiger partial charge in [-0.2, -0.15) is 0 Å². The third kappa shape index (κ3) is 3.46. The molecule has 1 aliphatic heterocycles. The summed E-state index contributed by atoms with van der Waals surface area (Å²) in [5.74, 6) is 0. The number of carbonyl (C=O) groups is 1. The number of rotatable bonds is 3. The highest BCUT2D eigenvalue weighted by Crippen LogP contribution is 2.17. The summed E-state index contributed by atoms with van der Waals surface area (Å²) in [5.41, 5.74) is 0.698. The van der Waals surface area contributed by atoms with Crippen LogP contribution in [0.25, 0.3) is 0 Å². The van der Waals surface area contributed by atoms with E-state index in [2.05, 4.69) is 5.32 Å². The van der Waals surface area contributed by atoms with Crippen LogP contribution in [0.4, 0.5) is 4.79 Å². The van der Waals surface area contributed by atoms with Crippen molar-refractivity contribution in [1.82, 2.24) is 5.32 Å². The van der Waals surface area contributed by atoms with Gasteiger partial charge in [0.1, 0.15) is 6.61 Å². The molecular formula is C13H17NO3. The van der Waals surface area contributed by atoms with Crippen molar-refractivity contribution in [2.75, 3.05) is 13.2 Å². The number of amides is 1. The first-order valence-electron chi connectivity index (χ1n) is 5.75. The molecule has 2 rings (SSSR count). The monoisotopic (exact) mass is 235 g/mol. The quantitative estimate of drug-likeness (QED) is 0.872. The standard InChI is InChI=1S/C13H17NO3/c1-13(7-8-16-10-13)14-12(15)17-9-11-5-3-2-4-6-11/h2-6H,7-10H2,1H3,(H,14,15). The highest BCUT2D eigenvalue weighted by Gasteiger charge is 2.31. The Morgan fingerprint density at radius 1 is 1.47 bits per heavy atom. The zero-order valence-corrected chi connectivity index (χ0v) is 9.94. The highest BCUT2D eigenvalue weighted by atomic mass is 16.5. The lowest BCUT2D eigenvalue weighted by molar-refractivity contribution is 0.121. The van der Waals surface area contributed by atoms with Gasteiger partial charge in [0.05, 0.1) is 12.1 Å². The summed E-state index contributed by atoms with van der Waals surface area (Å²) in [7, 11) is 0. The van der Waals surface area contributed by atoms with Crippen molar-refractivity contribution in [1.29, 1.82) is 0 Å². The van der Waals surface area contributed by atoms with Crippen molar-refractivity contribution in [3.63, 3.8) is 0 Å². The van der Waals surface area contributed by atoms with E-state index in [-0.39, 0.29) is 11.6 Å². The third-order valence-corrected chi connectivity index (χ3v) is 2.84. The maximum absolute atomic E-state index is 11.6. The highest BCUT2D eigenvalue weighted by molar-refractivity contribution is 5.68. The summed E-state index contributed by atoms with van der Waals surface area (Å²) in [5, 5.41) is 2.84. The van der Waals surface area contributed by atoms with Gasteiger partial charge in [0, 0.05) is 6.61 Å². The summed E-state index contributed by atoms with van der Waals surface area (Å²) >= 11 is 0. The Morgan fingerprint density at radius 2 is 2.24 bits per heavy atom. The molecule has 1 aliphatic rings. The molecule has 0 saturated carbocycles. The van der Waals surface area contributed by atoms with Crippen molar-refractivity contribution in [3.8, 4) is 0 Å². The van der Waals surface area contributed by atoms with Gasteiger partial charge in [-0.05, 0) is 18.9 Å². The van der Waals surface area contributed by atoms with E-state index in [1.165, 1.54) is 0 Å². The topological polar surface area (TPSA) is 47.6 Å². The van der Waals surface area contributed by atoms with Crippen molar-refractivity contribution < 1.29 is 14.3 Å². The molecule has 0 aliphatic carbocycles. The van der Waals surface area contributed by atoms with Crippen molar-refractivity contribution in [2.24, 2.45) is 0 Å². The van der Waals surface area contributed by atoms with E-state index in [9.17, 15) is 4.79 Å². The number of benzene rings is 1. The van der Waals surface area contributed by atoms with Crippen LogP contribution >= 0.6 is 0 Å². The molecule has 0 spiro atoms. The van der Waals surface area contributed by atoms with Crippen LogP contribution in [0.15, 0.2) is 30.3 Å². The molecule has 17 heavy (non-hydrogen) atoms. The summed E-state index contributed by atoms with van der Waals surface area (Å²) < 4.78 is 10.4. The second kappa shape index (κ2) is 5.19. The van der Waals surface area contributed by atoms with Gasteiger partial charge in [0.25, 0.3) is 0 Å². The first kappa shape index (κ1) is 11.9. The van der Waals surface area contributed by atoms with E-state index >= 15 is 0 Å². The van der Waals surface area contributed by atoms with Crippen LogP contribution in [0.2, 0.25) is 0 Å². The van der Waals surface area contributed by atoms with Crippen LogP contribution in [-0.2, 0) is 16.1 Å². The Balaban J connectivity index is 1.78. The largest absolute Gasteiger partial charge is 0.445 e. The van der Waals surface area contributed by atoms with Crippen molar-refractivity contribution in [2.45, 2.75) is 25.5 Å². The van der Waals surface area contributed by atoms with E-state index < -0.39 is 0 Å². The number of nitrogens with one attached hydrogen (secondary N) is 1. The molecule has 92 valence electrons. The lowest BCUT2D eigenvalue weighted by atomic mass is 10.0. The molecule has 1 fully saturated rings. The fourth-order valence-electron chi connectivity index (χ4n) is 1.77. The normalized spacial score (nSPS) is 23.4. The minimum absolute atomic E-state index is 0.284. The molecule has 1 unspecified atom stereocenters. The lowest BCUT2D eigenvalue weighted by Gasteiger charge is -2.22. The number of carbonyl (C=O) groups excluding carboxylic acids is 1. The minimum atomic E-state index is -0.387. The molecule has 1 saturated heterocycles. The van der Waals surface area contributed by atoms with E-state index in [0.29, 0.717) is 19.8 Å². The molecule has 0 aromatic heterocycles. The van der Waals surface area contributed by atoms with Crippen LogP contribution in [-0.4, -0.2) is 24.8 Å². The first-order valence-corrected chi connectivity index (χ1v) is 5.75. The predicted molar refractivity (Wildman–Crippen MR) is 63.6 cm³/mol. The summed E-state index contributed by atoms with van der Waals surface area (Å²) in [4.78, 5) is 11.6. The van der Waals surface area contributed by atoms with E-state index in [0.717, 1.165) is 12.0 Å². The van der Waals surface area contributed by atoms with Crippen LogP contribution in [0.3, 0.4) is 0 Å². The second-order valence-electron chi connectivity index (χ2n) is 4.55. The van der Waals surface area contributed by atoms with E-state index in [4.69, 9.17) is 9.47 Å². The average molecular weight is 235 g/mol. The molecule has 1 heterocycles. The van der Waals surface area contributed by atoms with Gasteiger partial charge in [-0.15, -0.1) is 0 Å². The van der Waals surface area contributed by atoms with Gasteiger partial charge in [0.2, 0.25) is 0 Å². The molecule has 1 amide bonds. The smallest absolute Gasteiger partial charge is 0.407 e. The van der Waals surface area contributed by atoms with Gasteiger partial charge in [-0.25, -0.2) is 4.79 Å². The first-order chi connectivity index (χ1) is 8.18. The van der Waals surface area contributed by atoms with Crippen LogP contribution in [0, 0.1) is 0 Å². The molecule has 0 radical (unpaired) electrons. The van der Waals surface area contributed by atoms with Gasteiger partial charge < -0.3 is 14.8 Å². The van der Waals surface area contributed by atoms with Gasteiger partial charge >= 0.3 is 6.09 Å². The molecule has 1 N–H and O–H groups in total. The van der Waals surface area contributed by atoms with Gasteiger partial charge in [0.15, 0.2) is 0 Å². The Kier molecular flexibility index (Phi) is 3.64. The van der Waals surface area contributed by atoms with Crippen LogP contribution in [0.1, 0.15) is 18.9 Å². The average Bonchev–Trinajstić information content (AvgIpc) is 2.74. The maximum Gasteiger partial charge on any atom is 0.407 e. The van der Waals surface area contributed by atoms with E-state index in [1.54, 1.807) is 0 Å². The zero-order chi connectivity index (χ0) is 12.1. The number of hydrogen-bond acceptors (Lipinski definition) is 3. The molecular weight excluding hydrogens is 218 g/mol. The number of ether oxygens (including phenoxy) is 2. The fraction of sp³-hybridized carbons (Fsp3) is 0.462.